The Kier molecular flexibility index (Phi) is 5.77. The molecular weight excluding hydrogens is 284 g/mol. The quantitative estimate of drug-likeness (QED) is 0.598. The van der Waals surface area contributed by atoms with Crippen molar-refractivity contribution < 1.29 is 4.43 Å². The standard InChI is InChI=1S/C20H22OSi/c1-4-22(3,20-16-9-6-10-17-20)21-18(2)12-11-15-19-13-7-5-8-14-19/h4-10,13-14,16-18H,1,12H2,2-3H3. The Morgan fingerprint density at radius 2 is 1.68 bits per heavy atom. The van der Waals surface area contributed by atoms with Gasteiger partial charge < -0.3 is 4.43 Å². The summed E-state index contributed by atoms with van der Waals surface area (Å²) >= 11 is 0. The molecule has 2 aromatic rings. The average Bonchev–Trinajstić information content (AvgIpc) is 2.56. The van der Waals surface area contributed by atoms with Crippen LogP contribution >= 0.6 is 0 Å². The molecule has 2 atom stereocenters. The van der Waals surface area contributed by atoms with Crippen molar-refractivity contribution in [2.45, 2.75) is 26.0 Å². The van der Waals surface area contributed by atoms with Gasteiger partial charge in [0.2, 0.25) is 8.32 Å². The molecule has 0 heterocycles. The third kappa shape index (κ3) is 4.46. The zero-order chi connectivity index (χ0) is 15.8. The molecule has 2 unspecified atom stereocenters. The number of rotatable bonds is 5. The van der Waals surface area contributed by atoms with E-state index in [4.69, 9.17) is 4.43 Å². The summed E-state index contributed by atoms with van der Waals surface area (Å²) in [6.07, 6.45) is 0.809. The van der Waals surface area contributed by atoms with Gasteiger partial charge in [0, 0.05) is 12.0 Å². The van der Waals surface area contributed by atoms with Gasteiger partial charge in [-0.05, 0) is 30.8 Å². The Bertz CT molecular complexity index is 654. The fourth-order valence-electron chi connectivity index (χ4n) is 2.28. The van der Waals surface area contributed by atoms with Crippen molar-refractivity contribution in [1.29, 1.82) is 0 Å². The maximum atomic E-state index is 6.33. The van der Waals surface area contributed by atoms with Gasteiger partial charge in [0.15, 0.2) is 0 Å². The minimum Gasteiger partial charge on any atom is -0.405 e. The smallest absolute Gasteiger partial charge is 0.245 e. The van der Waals surface area contributed by atoms with E-state index in [9.17, 15) is 0 Å². The largest absolute Gasteiger partial charge is 0.405 e. The molecule has 0 saturated carbocycles. The molecule has 2 rings (SSSR count). The molecule has 0 N–H and O–H groups in total. The van der Waals surface area contributed by atoms with Crippen molar-refractivity contribution in [3.8, 4) is 11.8 Å². The predicted octanol–water partition coefficient (Wildman–Crippen LogP) is 4.04. The highest BCUT2D eigenvalue weighted by atomic mass is 28.4. The first-order chi connectivity index (χ1) is 10.6. The van der Waals surface area contributed by atoms with E-state index >= 15 is 0 Å². The Morgan fingerprint density at radius 3 is 2.27 bits per heavy atom. The van der Waals surface area contributed by atoms with Crippen molar-refractivity contribution in [2.24, 2.45) is 0 Å². The van der Waals surface area contributed by atoms with E-state index in [0.717, 1.165) is 12.0 Å². The maximum absolute atomic E-state index is 6.33. The molecule has 0 fully saturated rings. The van der Waals surface area contributed by atoms with Crippen molar-refractivity contribution in [1.82, 2.24) is 0 Å². The Hall–Kier alpha value is -2.08. The van der Waals surface area contributed by atoms with Gasteiger partial charge in [0.1, 0.15) is 0 Å². The van der Waals surface area contributed by atoms with E-state index in [1.54, 1.807) is 0 Å². The van der Waals surface area contributed by atoms with E-state index in [1.807, 2.05) is 54.2 Å². The van der Waals surface area contributed by atoms with Gasteiger partial charge in [0.05, 0.1) is 6.10 Å². The van der Waals surface area contributed by atoms with Crippen molar-refractivity contribution in [2.75, 3.05) is 0 Å². The molecular formula is C20H22OSi. The molecule has 22 heavy (non-hydrogen) atoms. The summed E-state index contributed by atoms with van der Waals surface area (Å²) < 4.78 is 6.33. The van der Waals surface area contributed by atoms with E-state index in [0.29, 0.717) is 0 Å². The minimum atomic E-state index is -2.10. The van der Waals surface area contributed by atoms with Gasteiger partial charge >= 0.3 is 0 Å². The van der Waals surface area contributed by atoms with Gasteiger partial charge in [-0.2, -0.15) is 0 Å². The van der Waals surface area contributed by atoms with Crippen LogP contribution in [0.3, 0.4) is 0 Å². The first kappa shape index (κ1) is 16.3. The van der Waals surface area contributed by atoms with E-state index < -0.39 is 8.32 Å². The highest BCUT2D eigenvalue weighted by Gasteiger charge is 2.29. The molecule has 2 aromatic carbocycles. The number of benzene rings is 2. The summed E-state index contributed by atoms with van der Waals surface area (Å²) in [7, 11) is -2.10. The molecule has 0 aliphatic heterocycles. The molecule has 0 spiro atoms. The molecule has 0 aliphatic carbocycles. The molecule has 0 amide bonds. The van der Waals surface area contributed by atoms with Crippen LogP contribution in [0.15, 0.2) is 72.9 Å². The van der Waals surface area contributed by atoms with Crippen LogP contribution in [0.25, 0.3) is 0 Å². The summed E-state index contributed by atoms with van der Waals surface area (Å²) in [5.74, 6) is 6.39. The second-order valence-corrected chi connectivity index (χ2v) is 8.91. The van der Waals surface area contributed by atoms with Crippen LogP contribution in [0, 0.1) is 11.8 Å². The van der Waals surface area contributed by atoms with Crippen molar-refractivity contribution >= 4 is 13.5 Å². The third-order valence-electron chi connectivity index (χ3n) is 3.58. The predicted molar refractivity (Wildman–Crippen MR) is 96.4 cm³/mol. The number of hydrogen-bond acceptors (Lipinski definition) is 1. The van der Waals surface area contributed by atoms with Crippen LogP contribution in [0.5, 0.6) is 0 Å². The molecule has 0 bridgehead atoms. The molecule has 0 aliphatic rings. The fourth-order valence-corrected chi connectivity index (χ4v) is 4.52. The molecule has 1 nitrogen and oxygen atoms in total. The van der Waals surface area contributed by atoms with Crippen LogP contribution in [0.2, 0.25) is 6.55 Å². The van der Waals surface area contributed by atoms with Gasteiger partial charge in [-0.3, -0.25) is 0 Å². The summed E-state index contributed by atoms with van der Waals surface area (Å²) in [5.41, 5.74) is 3.03. The Labute approximate surface area is 134 Å². The van der Waals surface area contributed by atoms with Gasteiger partial charge in [-0.25, -0.2) is 0 Å². The van der Waals surface area contributed by atoms with Gasteiger partial charge in [-0.15, -0.1) is 6.58 Å². The van der Waals surface area contributed by atoms with Gasteiger partial charge in [0.25, 0.3) is 0 Å². The average molecular weight is 306 g/mol. The third-order valence-corrected chi connectivity index (χ3v) is 6.73. The second-order valence-electron chi connectivity index (χ2n) is 5.48. The number of hydrogen-bond donors (Lipinski definition) is 0. The maximum Gasteiger partial charge on any atom is 0.245 e. The van der Waals surface area contributed by atoms with Crippen LogP contribution in [0.4, 0.5) is 0 Å². The zero-order valence-corrected chi connectivity index (χ0v) is 14.3. The lowest BCUT2D eigenvalue weighted by Crippen LogP contribution is -2.48. The SMILES string of the molecule is C=C[Si](C)(OC(C)CC#Cc1ccccc1)c1ccccc1. The van der Waals surface area contributed by atoms with Crippen LogP contribution < -0.4 is 5.19 Å². The van der Waals surface area contributed by atoms with E-state index in [1.165, 1.54) is 5.19 Å². The summed E-state index contributed by atoms with van der Waals surface area (Å²) in [6, 6.07) is 20.4. The topological polar surface area (TPSA) is 9.23 Å². The minimum absolute atomic E-state index is 0.0890. The first-order valence-electron chi connectivity index (χ1n) is 7.55. The van der Waals surface area contributed by atoms with Crippen molar-refractivity contribution in [3.63, 3.8) is 0 Å². The zero-order valence-electron chi connectivity index (χ0n) is 13.3. The first-order valence-corrected chi connectivity index (χ1v) is 10.0. The monoisotopic (exact) mass is 306 g/mol. The lowest BCUT2D eigenvalue weighted by molar-refractivity contribution is 0.226. The second kappa shape index (κ2) is 7.79. The van der Waals surface area contributed by atoms with Gasteiger partial charge in [-0.1, -0.05) is 66.1 Å². The molecule has 0 aromatic heterocycles. The Morgan fingerprint density at radius 1 is 1.09 bits per heavy atom. The molecule has 0 saturated heterocycles. The van der Waals surface area contributed by atoms with E-state index in [2.05, 4.69) is 44.0 Å². The highest BCUT2D eigenvalue weighted by molar-refractivity contribution is 6.89. The fraction of sp³-hybridized carbons (Fsp3) is 0.200. The lowest BCUT2D eigenvalue weighted by atomic mass is 10.2. The van der Waals surface area contributed by atoms with Crippen LogP contribution in [-0.2, 0) is 4.43 Å². The molecule has 112 valence electrons. The molecule has 2 heteroatoms. The van der Waals surface area contributed by atoms with Crippen LogP contribution in [-0.4, -0.2) is 14.4 Å². The lowest BCUT2D eigenvalue weighted by Gasteiger charge is -2.27. The summed E-state index contributed by atoms with van der Waals surface area (Å²) in [4.78, 5) is 0. The summed E-state index contributed by atoms with van der Waals surface area (Å²) in [5, 5.41) is 1.24. The highest BCUT2D eigenvalue weighted by Crippen LogP contribution is 2.12. The Balaban J connectivity index is 2.00. The summed E-state index contributed by atoms with van der Waals surface area (Å²) in [6.45, 7) is 8.25. The normalized spacial score (nSPS) is 14.3. The van der Waals surface area contributed by atoms with Crippen molar-refractivity contribution in [3.05, 3.63) is 78.5 Å². The van der Waals surface area contributed by atoms with E-state index in [-0.39, 0.29) is 6.10 Å². The molecule has 0 radical (unpaired) electrons. The van der Waals surface area contributed by atoms with Crippen LogP contribution in [0.1, 0.15) is 18.9 Å².